The first kappa shape index (κ1) is 14.1. The van der Waals surface area contributed by atoms with E-state index in [9.17, 15) is 0 Å². The number of anilines is 2. The fourth-order valence-electron chi connectivity index (χ4n) is 1.30. The SMILES string of the molecule is CCC(C)(C)N(C)c1cc(NN)nc(SC)n1. The van der Waals surface area contributed by atoms with Gasteiger partial charge in [0.05, 0.1) is 0 Å². The van der Waals surface area contributed by atoms with E-state index in [-0.39, 0.29) is 5.54 Å². The second kappa shape index (κ2) is 5.55. The van der Waals surface area contributed by atoms with Gasteiger partial charge < -0.3 is 10.3 Å². The number of thioether (sulfide) groups is 1. The first-order chi connectivity index (χ1) is 7.94. The Bertz CT molecular complexity index is 358. The molecular formula is C11H21N5S. The number of nitrogen functional groups attached to an aromatic ring is 1. The fourth-order valence-corrected chi connectivity index (χ4v) is 1.67. The number of hydrazine groups is 1. The summed E-state index contributed by atoms with van der Waals surface area (Å²) in [4.78, 5) is 10.9. The van der Waals surface area contributed by atoms with Crippen molar-refractivity contribution < 1.29 is 0 Å². The summed E-state index contributed by atoms with van der Waals surface area (Å²) < 4.78 is 0. The van der Waals surface area contributed by atoms with Crippen molar-refractivity contribution in [1.29, 1.82) is 0 Å². The van der Waals surface area contributed by atoms with E-state index >= 15 is 0 Å². The highest BCUT2D eigenvalue weighted by Crippen LogP contribution is 2.26. The van der Waals surface area contributed by atoms with Crippen LogP contribution in [0.15, 0.2) is 11.2 Å². The predicted molar refractivity (Wildman–Crippen MR) is 74.4 cm³/mol. The molecule has 0 aliphatic heterocycles. The maximum absolute atomic E-state index is 5.42. The second-order valence-corrected chi connectivity index (χ2v) is 5.24. The van der Waals surface area contributed by atoms with Crippen molar-refractivity contribution in [3.63, 3.8) is 0 Å². The average molecular weight is 255 g/mol. The minimum Gasteiger partial charge on any atom is -0.354 e. The highest BCUT2D eigenvalue weighted by Gasteiger charge is 2.23. The van der Waals surface area contributed by atoms with Gasteiger partial charge in [0.1, 0.15) is 11.6 Å². The van der Waals surface area contributed by atoms with Gasteiger partial charge in [-0.25, -0.2) is 15.8 Å². The third-order valence-electron chi connectivity index (χ3n) is 3.14. The summed E-state index contributed by atoms with van der Waals surface area (Å²) in [5.41, 5.74) is 2.63. The minimum absolute atomic E-state index is 0.0515. The van der Waals surface area contributed by atoms with E-state index in [1.165, 1.54) is 11.8 Å². The Morgan fingerprint density at radius 1 is 1.47 bits per heavy atom. The van der Waals surface area contributed by atoms with Crippen LogP contribution in [-0.2, 0) is 0 Å². The molecule has 0 aromatic carbocycles. The van der Waals surface area contributed by atoms with Gasteiger partial charge in [0.2, 0.25) is 0 Å². The molecule has 3 N–H and O–H groups in total. The number of nitrogens with zero attached hydrogens (tertiary/aromatic N) is 3. The van der Waals surface area contributed by atoms with Gasteiger partial charge in [-0.2, -0.15) is 0 Å². The van der Waals surface area contributed by atoms with Crippen LogP contribution in [0.25, 0.3) is 0 Å². The first-order valence-electron chi connectivity index (χ1n) is 5.58. The van der Waals surface area contributed by atoms with Crippen LogP contribution in [0.3, 0.4) is 0 Å². The molecule has 0 atom stereocenters. The minimum atomic E-state index is 0.0515. The van der Waals surface area contributed by atoms with E-state index in [1.807, 2.05) is 19.4 Å². The molecule has 1 heterocycles. The number of aromatic nitrogens is 2. The van der Waals surface area contributed by atoms with Crippen LogP contribution in [-0.4, -0.2) is 28.8 Å². The molecule has 0 saturated carbocycles. The van der Waals surface area contributed by atoms with Gasteiger partial charge in [-0.3, -0.25) is 0 Å². The summed E-state index contributed by atoms with van der Waals surface area (Å²) in [5.74, 6) is 6.93. The number of nitrogens with one attached hydrogen (secondary N) is 1. The van der Waals surface area contributed by atoms with Crippen LogP contribution in [0.1, 0.15) is 27.2 Å². The fraction of sp³-hybridized carbons (Fsp3) is 0.636. The lowest BCUT2D eigenvalue weighted by Gasteiger charge is -2.36. The number of hydrogen-bond donors (Lipinski definition) is 2. The first-order valence-corrected chi connectivity index (χ1v) is 6.80. The van der Waals surface area contributed by atoms with Gasteiger partial charge >= 0.3 is 0 Å². The van der Waals surface area contributed by atoms with Crippen molar-refractivity contribution in [3.8, 4) is 0 Å². The third kappa shape index (κ3) is 3.23. The summed E-state index contributed by atoms with van der Waals surface area (Å²) in [6.07, 6.45) is 2.98. The summed E-state index contributed by atoms with van der Waals surface area (Å²) in [6, 6.07) is 1.86. The van der Waals surface area contributed by atoms with Gasteiger partial charge in [-0.05, 0) is 26.5 Å². The lowest BCUT2D eigenvalue weighted by atomic mass is 10.0. The molecule has 6 heteroatoms. The zero-order valence-electron chi connectivity index (χ0n) is 11.1. The number of hydrogen-bond acceptors (Lipinski definition) is 6. The van der Waals surface area contributed by atoms with Crippen molar-refractivity contribution in [2.24, 2.45) is 5.84 Å². The summed E-state index contributed by atoms with van der Waals surface area (Å²) in [5, 5.41) is 0.717. The summed E-state index contributed by atoms with van der Waals surface area (Å²) in [7, 11) is 2.04. The molecule has 0 aliphatic rings. The third-order valence-corrected chi connectivity index (χ3v) is 3.69. The molecule has 17 heavy (non-hydrogen) atoms. The summed E-state index contributed by atoms with van der Waals surface area (Å²) in [6.45, 7) is 6.53. The van der Waals surface area contributed by atoms with Crippen molar-refractivity contribution >= 4 is 23.4 Å². The van der Waals surface area contributed by atoms with Gasteiger partial charge in [0.25, 0.3) is 0 Å². The molecule has 96 valence electrons. The molecule has 0 aliphatic carbocycles. The Morgan fingerprint density at radius 3 is 2.59 bits per heavy atom. The van der Waals surface area contributed by atoms with Crippen LogP contribution in [0, 0.1) is 0 Å². The highest BCUT2D eigenvalue weighted by atomic mass is 32.2. The van der Waals surface area contributed by atoms with Crippen molar-refractivity contribution in [1.82, 2.24) is 9.97 Å². The molecule has 5 nitrogen and oxygen atoms in total. The topological polar surface area (TPSA) is 67.1 Å². The lowest BCUT2D eigenvalue weighted by molar-refractivity contribution is 0.466. The van der Waals surface area contributed by atoms with Gasteiger partial charge in [-0.15, -0.1) is 0 Å². The summed E-state index contributed by atoms with van der Waals surface area (Å²) >= 11 is 1.50. The lowest BCUT2D eigenvalue weighted by Crippen LogP contribution is -2.41. The van der Waals surface area contributed by atoms with E-state index in [0.29, 0.717) is 11.0 Å². The molecule has 0 saturated heterocycles. The maximum Gasteiger partial charge on any atom is 0.191 e. The Hall–Kier alpha value is -1.01. The smallest absolute Gasteiger partial charge is 0.191 e. The molecule has 0 bridgehead atoms. The number of rotatable bonds is 5. The zero-order valence-corrected chi connectivity index (χ0v) is 11.9. The Kier molecular flexibility index (Phi) is 4.59. The van der Waals surface area contributed by atoms with E-state index in [2.05, 4.69) is 41.1 Å². The predicted octanol–water partition coefficient (Wildman–Crippen LogP) is 2.11. The Morgan fingerprint density at radius 2 is 2.12 bits per heavy atom. The number of nitrogens with two attached hydrogens (primary N) is 1. The highest BCUT2D eigenvalue weighted by molar-refractivity contribution is 7.98. The van der Waals surface area contributed by atoms with Gasteiger partial charge in [0, 0.05) is 18.7 Å². The quantitative estimate of drug-likeness (QED) is 0.363. The average Bonchev–Trinajstić information content (AvgIpc) is 2.36. The van der Waals surface area contributed by atoms with Gasteiger partial charge in [0.15, 0.2) is 5.16 Å². The standard InChI is InChI=1S/C11H21N5S/c1-6-11(2,3)16(4)9-7-8(15-12)13-10(14-9)17-5/h7H,6,12H2,1-5H3,(H,13,14,15). The van der Waals surface area contributed by atoms with E-state index in [0.717, 1.165) is 12.2 Å². The second-order valence-electron chi connectivity index (χ2n) is 4.47. The molecule has 0 unspecified atom stereocenters. The van der Waals surface area contributed by atoms with E-state index < -0.39 is 0 Å². The molecule has 1 aromatic heterocycles. The Labute approximate surface area is 107 Å². The normalized spacial score (nSPS) is 11.4. The molecular weight excluding hydrogens is 234 g/mol. The maximum atomic E-state index is 5.42. The van der Waals surface area contributed by atoms with Crippen LogP contribution in [0.2, 0.25) is 0 Å². The molecule has 1 rings (SSSR count). The largest absolute Gasteiger partial charge is 0.354 e. The van der Waals surface area contributed by atoms with Crippen molar-refractivity contribution in [2.45, 2.75) is 37.9 Å². The molecule has 0 fully saturated rings. The zero-order chi connectivity index (χ0) is 13.1. The van der Waals surface area contributed by atoms with Gasteiger partial charge in [-0.1, -0.05) is 18.7 Å². The molecule has 1 aromatic rings. The van der Waals surface area contributed by atoms with Crippen molar-refractivity contribution in [3.05, 3.63) is 6.07 Å². The van der Waals surface area contributed by atoms with Crippen LogP contribution in [0.4, 0.5) is 11.6 Å². The van der Waals surface area contributed by atoms with E-state index in [1.54, 1.807) is 0 Å². The van der Waals surface area contributed by atoms with Crippen molar-refractivity contribution in [2.75, 3.05) is 23.6 Å². The Balaban J connectivity index is 3.12. The molecule has 0 amide bonds. The monoisotopic (exact) mass is 255 g/mol. The van der Waals surface area contributed by atoms with Crippen LogP contribution < -0.4 is 16.2 Å². The van der Waals surface area contributed by atoms with E-state index in [4.69, 9.17) is 5.84 Å². The molecule has 0 spiro atoms. The van der Waals surface area contributed by atoms with Crippen LogP contribution in [0.5, 0.6) is 0 Å². The van der Waals surface area contributed by atoms with Crippen LogP contribution >= 0.6 is 11.8 Å². The molecule has 0 radical (unpaired) electrons.